The van der Waals surface area contributed by atoms with E-state index >= 15 is 0 Å². The van der Waals surface area contributed by atoms with Gasteiger partial charge in [0.05, 0.1) is 11.8 Å². The van der Waals surface area contributed by atoms with Crippen LogP contribution in [0.15, 0.2) is 30.3 Å². The van der Waals surface area contributed by atoms with Gasteiger partial charge in [0, 0.05) is 0 Å². The standard InChI is InChI=1S/C13H19NO2S/c1-10(17-3)12(15)14-9-13(2,16)11-7-5-4-6-8-11/h4-8,10,16H,9H2,1-3H3,(H,14,15)/t10-,13-/m1/s1. The molecule has 0 aliphatic heterocycles. The molecule has 0 unspecified atom stereocenters. The fourth-order valence-electron chi connectivity index (χ4n) is 1.41. The van der Waals surface area contributed by atoms with Crippen LogP contribution in [0, 0.1) is 0 Å². The number of nitrogens with one attached hydrogen (secondary N) is 1. The lowest BCUT2D eigenvalue weighted by atomic mass is 9.96. The number of aliphatic hydroxyl groups is 1. The van der Waals surface area contributed by atoms with Crippen LogP contribution in [0.2, 0.25) is 0 Å². The van der Waals surface area contributed by atoms with E-state index in [2.05, 4.69) is 5.32 Å². The number of amides is 1. The summed E-state index contributed by atoms with van der Waals surface area (Å²) < 4.78 is 0. The van der Waals surface area contributed by atoms with Crippen LogP contribution < -0.4 is 5.32 Å². The molecule has 0 aromatic heterocycles. The van der Waals surface area contributed by atoms with E-state index in [-0.39, 0.29) is 17.7 Å². The van der Waals surface area contributed by atoms with Crippen LogP contribution in [-0.4, -0.2) is 29.1 Å². The Labute approximate surface area is 107 Å². The van der Waals surface area contributed by atoms with Gasteiger partial charge in [0.25, 0.3) is 0 Å². The highest BCUT2D eigenvalue weighted by Crippen LogP contribution is 2.19. The van der Waals surface area contributed by atoms with Gasteiger partial charge in [-0.05, 0) is 25.7 Å². The lowest BCUT2D eigenvalue weighted by Crippen LogP contribution is -2.41. The lowest BCUT2D eigenvalue weighted by Gasteiger charge is -2.24. The second-order valence-corrected chi connectivity index (χ2v) is 5.41. The van der Waals surface area contributed by atoms with E-state index in [4.69, 9.17) is 0 Å². The molecule has 2 atom stereocenters. The Kier molecular flexibility index (Phi) is 5.02. The number of hydrogen-bond donors (Lipinski definition) is 2. The molecule has 0 radical (unpaired) electrons. The quantitative estimate of drug-likeness (QED) is 0.840. The number of carbonyl (C=O) groups is 1. The van der Waals surface area contributed by atoms with Crippen molar-refractivity contribution in [3.63, 3.8) is 0 Å². The largest absolute Gasteiger partial charge is 0.384 e. The number of benzene rings is 1. The first kappa shape index (κ1) is 14.1. The lowest BCUT2D eigenvalue weighted by molar-refractivity contribution is -0.121. The summed E-state index contributed by atoms with van der Waals surface area (Å²) in [6.07, 6.45) is 1.89. The van der Waals surface area contributed by atoms with Gasteiger partial charge in [-0.25, -0.2) is 0 Å². The number of carbonyl (C=O) groups excluding carboxylic acids is 1. The normalized spacial score (nSPS) is 16.0. The number of thioether (sulfide) groups is 1. The first-order valence-corrected chi connectivity index (χ1v) is 6.84. The number of rotatable bonds is 5. The Bertz CT molecular complexity index is 365. The van der Waals surface area contributed by atoms with Crippen LogP contribution >= 0.6 is 11.8 Å². The van der Waals surface area contributed by atoms with E-state index in [0.29, 0.717) is 0 Å². The highest BCUT2D eigenvalue weighted by molar-refractivity contribution is 7.99. The van der Waals surface area contributed by atoms with Crippen molar-refractivity contribution >= 4 is 17.7 Å². The molecule has 4 heteroatoms. The maximum atomic E-state index is 11.6. The van der Waals surface area contributed by atoms with Crippen molar-refractivity contribution in [3.8, 4) is 0 Å². The molecule has 94 valence electrons. The summed E-state index contributed by atoms with van der Waals surface area (Å²) in [5.41, 5.74) is -0.230. The second kappa shape index (κ2) is 6.07. The molecule has 3 nitrogen and oxygen atoms in total. The van der Waals surface area contributed by atoms with E-state index in [0.717, 1.165) is 5.56 Å². The summed E-state index contributed by atoms with van der Waals surface area (Å²) in [7, 11) is 0. The molecule has 17 heavy (non-hydrogen) atoms. The van der Waals surface area contributed by atoms with Gasteiger partial charge in [0.15, 0.2) is 0 Å². The number of hydrogen-bond acceptors (Lipinski definition) is 3. The molecular weight excluding hydrogens is 234 g/mol. The molecule has 2 N–H and O–H groups in total. The zero-order chi connectivity index (χ0) is 12.9. The maximum absolute atomic E-state index is 11.6. The molecule has 1 rings (SSSR count). The van der Waals surface area contributed by atoms with E-state index in [9.17, 15) is 9.90 Å². The van der Waals surface area contributed by atoms with E-state index < -0.39 is 5.60 Å². The summed E-state index contributed by atoms with van der Waals surface area (Å²) in [5, 5.41) is 12.9. The summed E-state index contributed by atoms with van der Waals surface area (Å²) >= 11 is 1.49. The molecule has 0 bridgehead atoms. The van der Waals surface area contributed by atoms with Gasteiger partial charge >= 0.3 is 0 Å². The van der Waals surface area contributed by atoms with Crippen molar-refractivity contribution in [2.24, 2.45) is 0 Å². The molecule has 0 saturated carbocycles. The van der Waals surface area contributed by atoms with Crippen molar-refractivity contribution in [1.82, 2.24) is 5.32 Å². The molecule has 0 aliphatic rings. The first-order chi connectivity index (χ1) is 7.97. The predicted octanol–water partition coefficient (Wildman–Crippen LogP) is 1.76. The van der Waals surface area contributed by atoms with Crippen molar-refractivity contribution in [2.75, 3.05) is 12.8 Å². The summed E-state index contributed by atoms with van der Waals surface area (Å²) in [5.74, 6) is -0.0475. The summed E-state index contributed by atoms with van der Waals surface area (Å²) in [4.78, 5) is 11.6. The second-order valence-electron chi connectivity index (χ2n) is 4.24. The minimum Gasteiger partial charge on any atom is -0.384 e. The molecule has 1 aromatic carbocycles. The van der Waals surface area contributed by atoms with Gasteiger partial charge < -0.3 is 10.4 Å². The Hall–Kier alpha value is -1.00. The summed E-state index contributed by atoms with van der Waals surface area (Å²) in [6, 6.07) is 9.34. The predicted molar refractivity (Wildman–Crippen MR) is 72.0 cm³/mol. The Balaban J connectivity index is 2.59. The van der Waals surface area contributed by atoms with Crippen molar-refractivity contribution in [3.05, 3.63) is 35.9 Å². The highest BCUT2D eigenvalue weighted by Gasteiger charge is 2.24. The molecule has 0 spiro atoms. The Morgan fingerprint density at radius 1 is 1.47 bits per heavy atom. The minimum atomic E-state index is -1.03. The fraction of sp³-hybridized carbons (Fsp3) is 0.462. The average Bonchev–Trinajstić information content (AvgIpc) is 2.36. The van der Waals surface area contributed by atoms with E-state index in [1.165, 1.54) is 11.8 Å². The van der Waals surface area contributed by atoms with Gasteiger partial charge in [0.1, 0.15) is 5.60 Å². The highest BCUT2D eigenvalue weighted by atomic mass is 32.2. The van der Waals surface area contributed by atoms with E-state index in [1.54, 1.807) is 6.92 Å². The third-order valence-corrected chi connectivity index (χ3v) is 3.65. The van der Waals surface area contributed by atoms with Crippen molar-refractivity contribution in [2.45, 2.75) is 24.7 Å². The molecular formula is C13H19NO2S. The Morgan fingerprint density at radius 2 is 2.06 bits per heavy atom. The zero-order valence-electron chi connectivity index (χ0n) is 10.4. The Morgan fingerprint density at radius 3 is 2.59 bits per heavy atom. The van der Waals surface area contributed by atoms with Gasteiger partial charge in [0.2, 0.25) is 5.91 Å². The smallest absolute Gasteiger partial charge is 0.232 e. The van der Waals surface area contributed by atoms with Crippen LogP contribution in [0.5, 0.6) is 0 Å². The van der Waals surface area contributed by atoms with Crippen LogP contribution in [0.25, 0.3) is 0 Å². The van der Waals surface area contributed by atoms with Gasteiger partial charge in [-0.1, -0.05) is 30.3 Å². The van der Waals surface area contributed by atoms with E-state index in [1.807, 2.05) is 43.5 Å². The molecule has 0 heterocycles. The van der Waals surface area contributed by atoms with Crippen molar-refractivity contribution < 1.29 is 9.90 Å². The SMILES string of the molecule is CS[C@H](C)C(=O)NC[C@@](C)(O)c1ccccc1. The monoisotopic (exact) mass is 253 g/mol. The first-order valence-electron chi connectivity index (χ1n) is 5.56. The van der Waals surface area contributed by atoms with Crippen LogP contribution in [-0.2, 0) is 10.4 Å². The molecule has 1 amide bonds. The molecule has 1 aromatic rings. The molecule has 0 saturated heterocycles. The fourth-order valence-corrected chi connectivity index (χ4v) is 1.71. The average molecular weight is 253 g/mol. The van der Waals surface area contributed by atoms with Crippen LogP contribution in [0.4, 0.5) is 0 Å². The van der Waals surface area contributed by atoms with Crippen LogP contribution in [0.3, 0.4) is 0 Å². The van der Waals surface area contributed by atoms with Crippen LogP contribution in [0.1, 0.15) is 19.4 Å². The summed E-state index contributed by atoms with van der Waals surface area (Å²) in [6.45, 7) is 3.77. The zero-order valence-corrected chi connectivity index (χ0v) is 11.3. The molecule has 0 aliphatic carbocycles. The van der Waals surface area contributed by atoms with Crippen molar-refractivity contribution in [1.29, 1.82) is 0 Å². The van der Waals surface area contributed by atoms with Gasteiger partial charge in [-0.2, -0.15) is 11.8 Å². The van der Waals surface area contributed by atoms with Gasteiger partial charge in [-0.3, -0.25) is 4.79 Å². The topological polar surface area (TPSA) is 49.3 Å². The minimum absolute atomic E-state index is 0.0475. The molecule has 0 fully saturated rings. The third-order valence-electron chi connectivity index (χ3n) is 2.73. The maximum Gasteiger partial charge on any atom is 0.232 e. The van der Waals surface area contributed by atoms with Gasteiger partial charge in [-0.15, -0.1) is 0 Å². The third kappa shape index (κ3) is 4.06.